The summed E-state index contributed by atoms with van der Waals surface area (Å²) in [7, 11) is -3.29. The minimum Gasteiger partial charge on any atom is -0.215 e. The lowest BCUT2D eigenvalue weighted by atomic mass is 10.1. The monoisotopic (exact) mass is 307 g/mol. The molecule has 3 nitrogen and oxygen atoms in total. The number of rotatable bonds is 7. The topological polar surface area (TPSA) is 46.2 Å². The van der Waals surface area contributed by atoms with Crippen molar-refractivity contribution in [2.75, 3.05) is 18.2 Å². The number of nitrogens with one attached hydrogen (secondary N) is 1. The van der Waals surface area contributed by atoms with Gasteiger partial charge in [0.2, 0.25) is 10.0 Å². The fraction of sp³-hybridized carbons (Fsp3) is 0.538. The Morgan fingerprint density at radius 2 is 2.11 bits per heavy atom. The molecule has 0 bridgehead atoms. The molecule has 0 aliphatic rings. The van der Waals surface area contributed by atoms with Gasteiger partial charge in [0.25, 0.3) is 0 Å². The summed E-state index contributed by atoms with van der Waals surface area (Å²) >= 11 is 5.60. The van der Waals surface area contributed by atoms with E-state index >= 15 is 0 Å². The zero-order chi connectivity index (χ0) is 14.5. The zero-order valence-electron chi connectivity index (χ0n) is 11.1. The highest BCUT2D eigenvalue weighted by molar-refractivity contribution is 7.89. The van der Waals surface area contributed by atoms with Crippen LogP contribution in [0.5, 0.6) is 0 Å². The Labute approximate surface area is 119 Å². The van der Waals surface area contributed by atoms with Crippen LogP contribution in [0.3, 0.4) is 0 Å². The minimum atomic E-state index is -3.29. The minimum absolute atomic E-state index is 0.0267. The summed E-state index contributed by atoms with van der Waals surface area (Å²) in [6.07, 6.45) is 0.542. The van der Waals surface area contributed by atoms with Gasteiger partial charge in [0.05, 0.1) is 5.75 Å². The van der Waals surface area contributed by atoms with E-state index in [0.717, 1.165) is 11.1 Å². The van der Waals surface area contributed by atoms with Gasteiger partial charge < -0.3 is 0 Å². The SMILES string of the molecule is Cc1cc(F)ccc1CCNS(=O)(=O)CC(C)CCl. The summed E-state index contributed by atoms with van der Waals surface area (Å²) in [5, 5.41) is 0. The van der Waals surface area contributed by atoms with E-state index in [1.807, 2.05) is 6.92 Å². The van der Waals surface area contributed by atoms with Crippen LogP contribution >= 0.6 is 11.6 Å². The first-order valence-electron chi connectivity index (χ1n) is 6.12. The van der Waals surface area contributed by atoms with Gasteiger partial charge in [0.1, 0.15) is 5.82 Å². The standard InChI is InChI=1S/C13H19ClFNO2S/c1-10(8-14)9-19(17,18)16-6-5-12-3-4-13(15)7-11(12)2/h3-4,7,10,16H,5-6,8-9H2,1-2H3. The highest BCUT2D eigenvalue weighted by Gasteiger charge is 2.14. The van der Waals surface area contributed by atoms with Gasteiger partial charge in [-0.3, -0.25) is 0 Å². The van der Waals surface area contributed by atoms with Crippen LogP contribution in [0.4, 0.5) is 4.39 Å². The van der Waals surface area contributed by atoms with E-state index in [9.17, 15) is 12.8 Å². The molecule has 19 heavy (non-hydrogen) atoms. The van der Waals surface area contributed by atoms with Crippen molar-refractivity contribution in [2.24, 2.45) is 5.92 Å². The van der Waals surface area contributed by atoms with Crippen molar-refractivity contribution in [3.8, 4) is 0 Å². The molecule has 0 aliphatic carbocycles. The van der Waals surface area contributed by atoms with Crippen molar-refractivity contribution in [1.29, 1.82) is 0 Å². The van der Waals surface area contributed by atoms with Crippen molar-refractivity contribution >= 4 is 21.6 Å². The number of hydrogen-bond donors (Lipinski definition) is 1. The van der Waals surface area contributed by atoms with Gasteiger partial charge in [-0.1, -0.05) is 13.0 Å². The van der Waals surface area contributed by atoms with Crippen LogP contribution < -0.4 is 4.72 Å². The molecular weight excluding hydrogens is 289 g/mol. The van der Waals surface area contributed by atoms with Crippen molar-refractivity contribution in [2.45, 2.75) is 20.3 Å². The third kappa shape index (κ3) is 5.89. The summed E-state index contributed by atoms with van der Waals surface area (Å²) in [6, 6.07) is 4.51. The Balaban J connectivity index is 2.50. The second-order valence-corrected chi connectivity index (χ2v) is 6.92. The van der Waals surface area contributed by atoms with Crippen molar-refractivity contribution in [3.63, 3.8) is 0 Å². The maximum absolute atomic E-state index is 12.9. The molecule has 1 unspecified atom stereocenters. The predicted octanol–water partition coefficient (Wildman–Crippen LogP) is 2.47. The molecule has 0 saturated carbocycles. The van der Waals surface area contributed by atoms with Crippen molar-refractivity contribution in [3.05, 3.63) is 35.1 Å². The van der Waals surface area contributed by atoms with E-state index in [1.54, 1.807) is 13.0 Å². The normalized spacial score (nSPS) is 13.5. The van der Waals surface area contributed by atoms with E-state index in [-0.39, 0.29) is 17.5 Å². The Kier molecular flexibility index (Phi) is 6.23. The molecule has 6 heteroatoms. The quantitative estimate of drug-likeness (QED) is 0.787. The molecular formula is C13H19ClFNO2S. The van der Waals surface area contributed by atoms with E-state index in [2.05, 4.69) is 4.72 Å². The van der Waals surface area contributed by atoms with E-state index in [0.29, 0.717) is 18.8 Å². The first-order chi connectivity index (χ1) is 8.84. The molecule has 1 N–H and O–H groups in total. The summed E-state index contributed by atoms with van der Waals surface area (Å²) in [6.45, 7) is 3.91. The first-order valence-corrected chi connectivity index (χ1v) is 8.31. The van der Waals surface area contributed by atoms with Crippen LogP contribution in [0.25, 0.3) is 0 Å². The van der Waals surface area contributed by atoms with Crippen molar-refractivity contribution in [1.82, 2.24) is 4.72 Å². The number of sulfonamides is 1. The second kappa shape index (κ2) is 7.22. The van der Waals surface area contributed by atoms with Gasteiger partial charge in [-0.05, 0) is 42.5 Å². The average Bonchev–Trinajstić information content (AvgIpc) is 2.31. The molecule has 0 aliphatic heterocycles. The molecule has 0 fully saturated rings. The third-order valence-corrected chi connectivity index (χ3v) is 4.97. The molecule has 0 saturated heterocycles. The molecule has 1 aromatic rings. The Morgan fingerprint density at radius 3 is 2.68 bits per heavy atom. The lowest BCUT2D eigenvalue weighted by Crippen LogP contribution is -2.31. The maximum atomic E-state index is 12.9. The number of halogens is 2. The van der Waals surface area contributed by atoms with Gasteiger partial charge in [-0.2, -0.15) is 0 Å². The van der Waals surface area contributed by atoms with Crippen LogP contribution in [0, 0.1) is 18.7 Å². The second-order valence-electron chi connectivity index (χ2n) is 4.76. The third-order valence-electron chi connectivity index (χ3n) is 2.79. The molecule has 1 rings (SSSR count). The maximum Gasteiger partial charge on any atom is 0.211 e. The molecule has 0 aromatic heterocycles. The first kappa shape index (κ1) is 16.4. The zero-order valence-corrected chi connectivity index (χ0v) is 12.7. The highest BCUT2D eigenvalue weighted by Crippen LogP contribution is 2.10. The van der Waals surface area contributed by atoms with Gasteiger partial charge in [0, 0.05) is 12.4 Å². The molecule has 0 spiro atoms. The fourth-order valence-corrected chi connectivity index (χ4v) is 3.40. The van der Waals surface area contributed by atoms with Crippen LogP contribution in [0.15, 0.2) is 18.2 Å². The lowest BCUT2D eigenvalue weighted by molar-refractivity contribution is 0.568. The Morgan fingerprint density at radius 1 is 1.42 bits per heavy atom. The lowest BCUT2D eigenvalue weighted by Gasteiger charge is -2.11. The van der Waals surface area contributed by atoms with Crippen LogP contribution in [0.2, 0.25) is 0 Å². The number of benzene rings is 1. The van der Waals surface area contributed by atoms with Crippen LogP contribution in [-0.2, 0) is 16.4 Å². The van der Waals surface area contributed by atoms with Gasteiger partial charge in [-0.15, -0.1) is 11.6 Å². The molecule has 1 atom stereocenters. The van der Waals surface area contributed by atoms with Crippen molar-refractivity contribution < 1.29 is 12.8 Å². The van der Waals surface area contributed by atoms with Gasteiger partial charge >= 0.3 is 0 Å². The highest BCUT2D eigenvalue weighted by atomic mass is 35.5. The number of hydrogen-bond acceptors (Lipinski definition) is 2. The molecule has 108 valence electrons. The predicted molar refractivity (Wildman–Crippen MR) is 76.5 cm³/mol. The number of alkyl halides is 1. The Hall–Kier alpha value is -0.650. The largest absolute Gasteiger partial charge is 0.215 e. The van der Waals surface area contributed by atoms with Crippen LogP contribution in [0.1, 0.15) is 18.1 Å². The Bertz CT molecular complexity index is 519. The summed E-state index contributed by atoms with van der Waals surface area (Å²) in [4.78, 5) is 0. The summed E-state index contributed by atoms with van der Waals surface area (Å²) in [5.74, 6) is -0.0128. The summed E-state index contributed by atoms with van der Waals surface area (Å²) in [5.41, 5.74) is 1.77. The molecule has 0 radical (unpaired) electrons. The average molecular weight is 308 g/mol. The van der Waals surface area contributed by atoms with Gasteiger partial charge in [-0.25, -0.2) is 17.5 Å². The van der Waals surface area contributed by atoms with E-state index in [4.69, 9.17) is 11.6 Å². The molecule has 0 amide bonds. The summed E-state index contributed by atoms with van der Waals surface area (Å²) < 4.78 is 38.9. The fourth-order valence-electron chi connectivity index (χ4n) is 1.76. The van der Waals surface area contributed by atoms with Gasteiger partial charge in [0.15, 0.2) is 0 Å². The van der Waals surface area contributed by atoms with E-state index in [1.165, 1.54) is 12.1 Å². The molecule has 0 heterocycles. The number of aryl methyl sites for hydroxylation is 1. The van der Waals surface area contributed by atoms with E-state index < -0.39 is 10.0 Å². The smallest absolute Gasteiger partial charge is 0.211 e. The van der Waals surface area contributed by atoms with Crippen LogP contribution in [-0.4, -0.2) is 26.6 Å². The molecule has 1 aromatic carbocycles.